The lowest BCUT2D eigenvalue weighted by atomic mass is 9.96. The predicted octanol–water partition coefficient (Wildman–Crippen LogP) is 1.71. The molecule has 0 aromatic heterocycles. The Hall–Kier alpha value is -2.08. The summed E-state index contributed by atoms with van der Waals surface area (Å²) in [6.45, 7) is 3.80. The lowest BCUT2D eigenvalue weighted by molar-refractivity contribution is -0.132. The molecule has 3 rings (SSSR count). The zero-order valence-corrected chi connectivity index (χ0v) is 14.1. The van der Waals surface area contributed by atoms with E-state index < -0.39 is 17.7 Å². The Bertz CT molecular complexity index is 644. The van der Waals surface area contributed by atoms with Crippen LogP contribution >= 0.6 is 0 Å². The molecule has 6 nitrogen and oxygen atoms in total. The summed E-state index contributed by atoms with van der Waals surface area (Å²) in [5, 5.41) is 12.9. The molecule has 1 aliphatic carbocycles. The molecule has 1 heterocycles. The molecule has 0 bridgehead atoms. The summed E-state index contributed by atoms with van der Waals surface area (Å²) in [7, 11) is 0. The van der Waals surface area contributed by atoms with E-state index in [9.17, 15) is 14.7 Å². The van der Waals surface area contributed by atoms with Crippen LogP contribution in [0.3, 0.4) is 0 Å². The number of imide groups is 1. The second kappa shape index (κ2) is 6.43. The van der Waals surface area contributed by atoms with Crippen LogP contribution in [0.5, 0.6) is 5.75 Å². The van der Waals surface area contributed by atoms with Crippen LogP contribution in [0.4, 0.5) is 4.79 Å². The van der Waals surface area contributed by atoms with Gasteiger partial charge in [0.05, 0.1) is 6.54 Å². The van der Waals surface area contributed by atoms with Gasteiger partial charge in [0, 0.05) is 0 Å². The van der Waals surface area contributed by atoms with Crippen molar-refractivity contribution in [3.8, 4) is 5.75 Å². The van der Waals surface area contributed by atoms with Crippen molar-refractivity contribution >= 4 is 11.9 Å². The van der Waals surface area contributed by atoms with Crippen LogP contribution in [-0.4, -0.2) is 46.7 Å². The van der Waals surface area contributed by atoms with Crippen molar-refractivity contribution in [1.29, 1.82) is 0 Å². The molecule has 1 saturated heterocycles. The number of amides is 3. The van der Waals surface area contributed by atoms with E-state index in [0.29, 0.717) is 5.75 Å². The number of aryl methyl sites for hydroxylation is 1. The third-order valence-electron chi connectivity index (χ3n) is 4.84. The molecule has 2 aliphatic rings. The molecule has 2 N–H and O–H groups in total. The maximum Gasteiger partial charge on any atom is 0.325 e. The van der Waals surface area contributed by atoms with Crippen molar-refractivity contribution < 1.29 is 19.4 Å². The van der Waals surface area contributed by atoms with Gasteiger partial charge in [-0.25, -0.2) is 4.79 Å². The highest BCUT2D eigenvalue weighted by Gasteiger charge is 2.56. The molecular formula is C18H24N2O4. The molecule has 2 fully saturated rings. The van der Waals surface area contributed by atoms with Gasteiger partial charge in [-0.1, -0.05) is 19.1 Å². The van der Waals surface area contributed by atoms with Gasteiger partial charge in [-0.3, -0.25) is 9.69 Å². The van der Waals surface area contributed by atoms with Gasteiger partial charge in [-0.15, -0.1) is 0 Å². The number of carbonyl (C=O) groups is 2. The van der Waals surface area contributed by atoms with Crippen LogP contribution in [-0.2, 0) is 11.2 Å². The van der Waals surface area contributed by atoms with Crippen molar-refractivity contribution in [2.45, 2.75) is 44.8 Å². The molecule has 3 amide bonds. The van der Waals surface area contributed by atoms with E-state index in [4.69, 9.17) is 4.74 Å². The Balaban J connectivity index is 1.55. The van der Waals surface area contributed by atoms with E-state index in [-0.39, 0.29) is 25.0 Å². The summed E-state index contributed by atoms with van der Waals surface area (Å²) in [5.74, 6) is 0.638. The number of aliphatic hydroxyl groups is 1. The molecule has 130 valence electrons. The van der Waals surface area contributed by atoms with Gasteiger partial charge in [0.2, 0.25) is 0 Å². The van der Waals surface area contributed by atoms with Crippen LogP contribution < -0.4 is 10.1 Å². The van der Waals surface area contributed by atoms with Crippen LogP contribution in [0.15, 0.2) is 24.3 Å². The fourth-order valence-electron chi connectivity index (χ4n) is 3.13. The van der Waals surface area contributed by atoms with Crippen molar-refractivity contribution in [2.75, 3.05) is 13.2 Å². The fourth-order valence-corrected chi connectivity index (χ4v) is 3.13. The predicted molar refractivity (Wildman–Crippen MR) is 88.7 cm³/mol. The molecule has 0 radical (unpaired) electrons. The van der Waals surface area contributed by atoms with E-state index in [1.807, 2.05) is 24.3 Å². The lowest BCUT2D eigenvalue weighted by Crippen LogP contribution is -2.46. The summed E-state index contributed by atoms with van der Waals surface area (Å²) >= 11 is 0. The SMILES string of the molecule is CCc1cccc(OCC(O)CN2C(=O)NC(C)(C3CC3)C2=O)c1. The molecule has 1 saturated carbocycles. The standard InChI is InChI=1S/C18H24N2O4/c1-3-12-5-4-6-15(9-12)24-11-14(21)10-20-16(22)18(2,13-7-8-13)19-17(20)23/h4-6,9,13-14,21H,3,7-8,10-11H2,1-2H3,(H,19,23). The lowest BCUT2D eigenvalue weighted by Gasteiger charge is -2.22. The summed E-state index contributed by atoms with van der Waals surface area (Å²) < 4.78 is 5.58. The highest BCUT2D eigenvalue weighted by molar-refractivity contribution is 6.07. The minimum Gasteiger partial charge on any atom is -0.491 e. The average Bonchev–Trinajstić information content (AvgIpc) is 3.39. The van der Waals surface area contributed by atoms with Crippen LogP contribution in [0.1, 0.15) is 32.3 Å². The molecular weight excluding hydrogens is 308 g/mol. The monoisotopic (exact) mass is 332 g/mol. The summed E-state index contributed by atoms with van der Waals surface area (Å²) in [6.07, 6.45) is 1.89. The number of nitrogens with one attached hydrogen (secondary N) is 1. The van der Waals surface area contributed by atoms with Gasteiger partial charge in [0.1, 0.15) is 24.0 Å². The maximum atomic E-state index is 12.5. The van der Waals surface area contributed by atoms with Gasteiger partial charge in [-0.05, 0) is 49.8 Å². The molecule has 2 unspecified atom stereocenters. The topological polar surface area (TPSA) is 78.9 Å². The number of carbonyl (C=O) groups excluding carboxylic acids is 2. The first-order valence-corrected chi connectivity index (χ1v) is 8.48. The van der Waals surface area contributed by atoms with Crippen molar-refractivity contribution in [3.05, 3.63) is 29.8 Å². The van der Waals surface area contributed by atoms with E-state index in [2.05, 4.69) is 12.2 Å². The average molecular weight is 332 g/mol. The van der Waals surface area contributed by atoms with E-state index in [0.717, 1.165) is 29.7 Å². The largest absolute Gasteiger partial charge is 0.491 e. The fraction of sp³-hybridized carbons (Fsp3) is 0.556. The van der Waals surface area contributed by atoms with Gasteiger partial charge in [0.15, 0.2) is 0 Å². The van der Waals surface area contributed by atoms with Gasteiger partial charge >= 0.3 is 6.03 Å². The highest BCUT2D eigenvalue weighted by Crippen LogP contribution is 2.42. The molecule has 1 aromatic rings. The third kappa shape index (κ3) is 3.24. The highest BCUT2D eigenvalue weighted by atomic mass is 16.5. The number of hydrogen-bond acceptors (Lipinski definition) is 4. The number of nitrogens with zero attached hydrogens (tertiary/aromatic N) is 1. The Morgan fingerprint density at radius 2 is 2.17 bits per heavy atom. The number of aliphatic hydroxyl groups excluding tert-OH is 1. The minimum absolute atomic E-state index is 0.0321. The molecule has 2 atom stereocenters. The first-order chi connectivity index (χ1) is 11.4. The smallest absolute Gasteiger partial charge is 0.325 e. The first-order valence-electron chi connectivity index (χ1n) is 8.48. The van der Waals surface area contributed by atoms with E-state index in [1.165, 1.54) is 0 Å². The van der Waals surface area contributed by atoms with E-state index >= 15 is 0 Å². The Morgan fingerprint density at radius 3 is 2.83 bits per heavy atom. The van der Waals surface area contributed by atoms with Gasteiger partial charge < -0.3 is 15.2 Å². The second-order valence-corrected chi connectivity index (χ2v) is 6.79. The Kier molecular flexibility index (Phi) is 4.49. The van der Waals surface area contributed by atoms with Crippen LogP contribution in [0.25, 0.3) is 0 Å². The van der Waals surface area contributed by atoms with Crippen molar-refractivity contribution in [3.63, 3.8) is 0 Å². The van der Waals surface area contributed by atoms with Crippen molar-refractivity contribution in [2.24, 2.45) is 5.92 Å². The maximum absolute atomic E-state index is 12.5. The molecule has 1 aromatic carbocycles. The second-order valence-electron chi connectivity index (χ2n) is 6.79. The number of benzene rings is 1. The summed E-state index contributed by atoms with van der Waals surface area (Å²) in [4.78, 5) is 25.7. The van der Waals surface area contributed by atoms with Crippen LogP contribution in [0.2, 0.25) is 0 Å². The van der Waals surface area contributed by atoms with Crippen LogP contribution in [0, 0.1) is 5.92 Å². The van der Waals surface area contributed by atoms with E-state index in [1.54, 1.807) is 6.92 Å². The number of ether oxygens (including phenoxy) is 1. The van der Waals surface area contributed by atoms with Crippen molar-refractivity contribution in [1.82, 2.24) is 10.2 Å². The Labute approximate surface area is 141 Å². The minimum atomic E-state index is -0.925. The van der Waals surface area contributed by atoms with Gasteiger partial charge in [-0.2, -0.15) is 0 Å². The molecule has 6 heteroatoms. The molecule has 0 spiro atoms. The number of β-amino-alcohol motifs (C(OH)–C–C–N with tert-alkyl or cyclic N) is 1. The zero-order chi connectivity index (χ0) is 17.3. The third-order valence-corrected chi connectivity index (χ3v) is 4.84. The number of hydrogen-bond donors (Lipinski definition) is 2. The molecule has 24 heavy (non-hydrogen) atoms. The zero-order valence-electron chi connectivity index (χ0n) is 14.1. The Morgan fingerprint density at radius 1 is 1.42 bits per heavy atom. The van der Waals surface area contributed by atoms with Gasteiger partial charge in [0.25, 0.3) is 5.91 Å². The quantitative estimate of drug-likeness (QED) is 0.745. The number of urea groups is 1. The first kappa shape index (κ1) is 16.8. The normalized spacial score (nSPS) is 24.9. The summed E-state index contributed by atoms with van der Waals surface area (Å²) in [5.41, 5.74) is 0.337. The number of rotatable bonds is 7. The molecule has 1 aliphatic heterocycles. The summed E-state index contributed by atoms with van der Waals surface area (Å²) in [6, 6.07) is 7.23.